The fourth-order valence-corrected chi connectivity index (χ4v) is 5.51. The fraction of sp³-hybridized carbons (Fsp3) is 0.600. The molecule has 0 spiro atoms. The number of hydrogen-bond acceptors (Lipinski definition) is 7. The number of rotatable bonds is 5. The first kappa shape index (κ1) is 21.7. The number of amides is 1. The summed E-state index contributed by atoms with van der Waals surface area (Å²) in [4.78, 5) is 30.7. The Bertz CT molecular complexity index is 1010. The summed E-state index contributed by atoms with van der Waals surface area (Å²) in [5.74, 6) is -0.724. The molecule has 3 atom stereocenters. The molecule has 0 radical (unpaired) electrons. The van der Waals surface area contributed by atoms with Gasteiger partial charge in [0, 0.05) is 10.9 Å². The van der Waals surface area contributed by atoms with Gasteiger partial charge in [-0.05, 0) is 51.0 Å². The monoisotopic (exact) mass is 453 g/mol. The number of nitrogens with zero attached hydrogens (tertiary/aromatic N) is 3. The molecule has 4 rings (SSSR count). The zero-order valence-corrected chi connectivity index (χ0v) is 18.4. The maximum Gasteiger partial charge on any atom is 0.341 e. The van der Waals surface area contributed by atoms with Gasteiger partial charge in [-0.1, -0.05) is 6.92 Å². The highest BCUT2D eigenvalue weighted by atomic mass is 32.1. The molecule has 8 nitrogen and oxygen atoms in total. The van der Waals surface area contributed by atoms with E-state index in [0.29, 0.717) is 16.5 Å². The molecule has 0 saturated carbocycles. The highest BCUT2D eigenvalue weighted by molar-refractivity contribution is 7.17. The van der Waals surface area contributed by atoms with E-state index in [2.05, 4.69) is 27.6 Å². The van der Waals surface area contributed by atoms with E-state index in [4.69, 9.17) is 4.74 Å². The second-order valence-corrected chi connectivity index (χ2v) is 9.22. The van der Waals surface area contributed by atoms with E-state index in [1.807, 2.05) is 0 Å². The number of ether oxygens (including phenoxy) is 1. The molecule has 1 aliphatic heterocycles. The summed E-state index contributed by atoms with van der Waals surface area (Å²) in [5.41, 5.74) is 1.30. The predicted octanol–water partition coefficient (Wildman–Crippen LogP) is 3.90. The van der Waals surface area contributed by atoms with Crippen LogP contribution in [0.15, 0.2) is 0 Å². The van der Waals surface area contributed by atoms with Crippen LogP contribution in [0.3, 0.4) is 0 Å². The lowest BCUT2D eigenvalue weighted by atomic mass is 9.88. The molecule has 0 fully saturated rings. The lowest BCUT2D eigenvalue weighted by Crippen LogP contribution is -2.33. The van der Waals surface area contributed by atoms with E-state index in [1.165, 1.54) is 11.3 Å². The molecule has 2 aromatic heterocycles. The number of thiophene rings is 1. The van der Waals surface area contributed by atoms with Gasteiger partial charge in [0.05, 0.1) is 12.2 Å². The molecule has 0 aromatic carbocycles. The van der Waals surface area contributed by atoms with Gasteiger partial charge in [0.2, 0.25) is 11.8 Å². The van der Waals surface area contributed by atoms with Gasteiger partial charge in [-0.25, -0.2) is 18.3 Å². The third kappa shape index (κ3) is 4.15. The topological polar surface area (TPSA) is 98.1 Å². The third-order valence-electron chi connectivity index (χ3n) is 5.63. The highest BCUT2D eigenvalue weighted by Gasteiger charge is 2.35. The Kier molecular flexibility index (Phi) is 5.96. The molecule has 0 bridgehead atoms. The van der Waals surface area contributed by atoms with Crippen LogP contribution in [0.5, 0.6) is 0 Å². The van der Waals surface area contributed by atoms with Crippen LogP contribution in [-0.2, 0) is 17.6 Å². The van der Waals surface area contributed by atoms with Gasteiger partial charge < -0.3 is 15.4 Å². The van der Waals surface area contributed by atoms with Gasteiger partial charge in [0.15, 0.2) is 0 Å². The zero-order valence-electron chi connectivity index (χ0n) is 17.6. The van der Waals surface area contributed by atoms with Crippen molar-refractivity contribution in [2.45, 2.75) is 65.0 Å². The van der Waals surface area contributed by atoms with Crippen molar-refractivity contribution in [3.05, 3.63) is 21.8 Å². The molecular formula is C20H25F2N5O3S. The number of halogens is 2. The largest absolute Gasteiger partial charge is 0.462 e. The molecule has 0 unspecified atom stereocenters. The van der Waals surface area contributed by atoms with Crippen molar-refractivity contribution in [3.63, 3.8) is 0 Å². The van der Waals surface area contributed by atoms with Crippen LogP contribution in [0.25, 0.3) is 0 Å². The Balaban J connectivity index is 1.64. The van der Waals surface area contributed by atoms with Gasteiger partial charge >= 0.3 is 5.97 Å². The molecule has 11 heteroatoms. The number of aromatic nitrogens is 3. The minimum atomic E-state index is -2.62. The number of carbonyl (C=O) groups is 2. The molecule has 1 aliphatic carbocycles. The maximum atomic E-state index is 13.4. The maximum absolute atomic E-state index is 13.4. The highest BCUT2D eigenvalue weighted by Crippen LogP contribution is 2.40. The summed E-state index contributed by atoms with van der Waals surface area (Å²) in [6.45, 7) is 5.87. The first-order valence-corrected chi connectivity index (χ1v) is 11.2. The Morgan fingerprint density at radius 2 is 2.16 bits per heavy atom. The molecular weight excluding hydrogens is 428 g/mol. The van der Waals surface area contributed by atoms with Gasteiger partial charge in [-0.2, -0.15) is 4.98 Å². The van der Waals surface area contributed by atoms with E-state index in [0.717, 1.165) is 34.4 Å². The van der Waals surface area contributed by atoms with Crippen LogP contribution in [0.1, 0.15) is 71.1 Å². The average Bonchev–Trinajstić information content (AvgIpc) is 3.27. The fourth-order valence-electron chi connectivity index (χ4n) is 4.12. The molecule has 2 N–H and O–H groups in total. The van der Waals surface area contributed by atoms with Crippen LogP contribution >= 0.6 is 11.3 Å². The Morgan fingerprint density at radius 3 is 2.87 bits per heavy atom. The zero-order chi connectivity index (χ0) is 22.3. The predicted molar refractivity (Wildman–Crippen MR) is 112 cm³/mol. The summed E-state index contributed by atoms with van der Waals surface area (Å²) in [7, 11) is 0. The molecule has 168 valence electrons. The third-order valence-corrected chi connectivity index (χ3v) is 6.80. The van der Waals surface area contributed by atoms with Crippen LogP contribution < -0.4 is 10.6 Å². The standard InChI is InChI=1S/C20H25F2N5O3S/c1-4-30-19(29)14-11-6-5-9(2)7-13(11)31-18(14)25-17(28)16-24-20-23-10(3)8-12(15(21)22)27(20)26-16/h9-10,12,15H,4-8H2,1-3H3,(H,25,28)(H,23,24,26)/t9-,10-,12-/m1/s1. The van der Waals surface area contributed by atoms with Gasteiger partial charge in [0.1, 0.15) is 11.0 Å². The van der Waals surface area contributed by atoms with Crippen molar-refractivity contribution in [1.82, 2.24) is 14.8 Å². The number of esters is 1. The lowest BCUT2D eigenvalue weighted by molar-refractivity contribution is 0.0526. The number of fused-ring (bicyclic) bond motifs is 2. The normalized spacial score (nSPS) is 22.5. The van der Waals surface area contributed by atoms with Crippen molar-refractivity contribution >= 4 is 34.2 Å². The smallest absolute Gasteiger partial charge is 0.341 e. The van der Waals surface area contributed by atoms with Crippen LogP contribution in [-0.4, -0.2) is 45.7 Å². The van der Waals surface area contributed by atoms with Crippen LogP contribution in [0.4, 0.5) is 19.7 Å². The van der Waals surface area contributed by atoms with Gasteiger partial charge in [-0.15, -0.1) is 16.4 Å². The Morgan fingerprint density at radius 1 is 1.39 bits per heavy atom. The SMILES string of the molecule is CCOC(=O)c1c(NC(=O)c2nc3n(n2)[C@@H](C(F)F)C[C@@H](C)N3)sc2c1CC[C@@H](C)C2. The minimum Gasteiger partial charge on any atom is -0.462 e. The summed E-state index contributed by atoms with van der Waals surface area (Å²) in [6, 6.07) is -1.36. The summed E-state index contributed by atoms with van der Waals surface area (Å²) in [5, 5.41) is 10.1. The number of carbonyl (C=O) groups excluding carboxylic acids is 2. The quantitative estimate of drug-likeness (QED) is 0.667. The second kappa shape index (κ2) is 8.52. The molecule has 2 aliphatic rings. The van der Waals surface area contributed by atoms with E-state index in [1.54, 1.807) is 13.8 Å². The van der Waals surface area contributed by atoms with Crippen molar-refractivity contribution in [1.29, 1.82) is 0 Å². The Hall–Kier alpha value is -2.56. The van der Waals surface area contributed by atoms with E-state index >= 15 is 0 Å². The van der Waals surface area contributed by atoms with Crippen molar-refractivity contribution in [2.24, 2.45) is 5.92 Å². The summed E-state index contributed by atoms with van der Waals surface area (Å²) < 4.78 is 33.2. The van der Waals surface area contributed by atoms with Crippen molar-refractivity contribution in [2.75, 3.05) is 17.2 Å². The van der Waals surface area contributed by atoms with Crippen LogP contribution in [0, 0.1) is 5.92 Å². The minimum absolute atomic E-state index is 0.138. The number of hydrogen-bond donors (Lipinski definition) is 2. The first-order chi connectivity index (χ1) is 14.8. The van der Waals surface area contributed by atoms with E-state index in [9.17, 15) is 18.4 Å². The van der Waals surface area contributed by atoms with E-state index < -0.39 is 24.3 Å². The van der Waals surface area contributed by atoms with Gasteiger partial charge in [-0.3, -0.25) is 4.79 Å². The summed E-state index contributed by atoms with van der Waals surface area (Å²) >= 11 is 1.35. The van der Waals surface area contributed by atoms with Gasteiger partial charge in [0.25, 0.3) is 12.3 Å². The molecule has 31 heavy (non-hydrogen) atoms. The lowest BCUT2D eigenvalue weighted by Gasteiger charge is -2.28. The Labute approximate surface area is 182 Å². The number of anilines is 2. The molecule has 0 saturated heterocycles. The van der Waals surface area contributed by atoms with Crippen molar-refractivity contribution < 1.29 is 23.1 Å². The average molecular weight is 454 g/mol. The summed E-state index contributed by atoms with van der Waals surface area (Å²) in [6.07, 6.45) is 0.0842. The molecule has 1 amide bonds. The van der Waals surface area contributed by atoms with Crippen molar-refractivity contribution in [3.8, 4) is 0 Å². The van der Waals surface area contributed by atoms with Crippen LogP contribution in [0.2, 0.25) is 0 Å². The number of nitrogens with one attached hydrogen (secondary N) is 2. The second-order valence-electron chi connectivity index (χ2n) is 8.12. The molecule has 3 heterocycles. The first-order valence-electron chi connectivity index (χ1n) is 10.4. The molecule has 2 aromatic rings. The van der Waals surface area contributed by atoms with E-state index in [-0.39, 0.29) is 30.8 Å². The number of alkyl halides is 2.